The molecule has 4 rings (SSSR count). The molecule has 0 unspecified atom stereocenters. The van der Waals surface area contributed by atoms with Crippen molar-refractivity contribution in [2.75, 3.05) is 6.54 Å². The SMILES string of the molecule is O=C(N[C@@H]1CCCN(Cc2ccccc2)C1=O)c1nccc2ccccc12. The minimum absolute atomic E-state index is 0.0290. The van der Waals surface area contributed by atoms with Gasteiger partial charge in [0.2, 0.25) is 5.91 Å². The van der Waals surface area contributed by atoms with E-state index in [1.54, 1.807) is 6.20 Å². The highest BCUT2D eigenvalue weighted by Crippen LogP contribution is 2.19. The van der Waals surface area contributed by atoms with Gasteiger partial charge in [0.25, 0.3) is 5.91 Å². The number of pyridine rings is 1. The highest BCUT2D eigenvalue weighted by Gasteiger charge is 2.30. The summed E-state index contributed by atoms with van der Waals surface area (Å²) in [5, 5.41) is 4.65. The van der Waals surface area contributed by atoms with E-state index in [0.29, 0.717) is 25.2 Å². The molecule has 2 aromatic carbocycles. The summed E-state index contributed by atoms with van der Waals surface area (Å²) in [5.74, 6) is -0.328. The van der Waals surface area contributed by atoms with Crippen LogP contribution in [0.25, 0.3) is 10.8 Å². The Bertz CT molecular complexity index is 966. The molecule has 0 bridgehead atoms. The van der Waals surface area contributed by atoms with Gasteiger partial charge in [0.1, 0.15) is 11.7 Å². The van der Waals surface area contributed by atoms with Crippen molar-refractivity contribution < 1.29 is 9.59 Å². The molecule has 1 N–H and O–H groups in total. The molecule has 5 nitrogen and oxygen atoms in total. The molecule has 0 spiro atoms. The number of aromatic nitrogens is 1. The van der Waals surface area contributed by atoms with Crippen molar-refractivity contribution in [2.24, 2.45) is 0 Å². The van der Waals surface area contributed by atoms with Gasteiger partial charge in [-0.25, -0.2) is 0 Å². The summed E-state index contributed by atoms with van der Waals surface area (Å²) in [4.78, 5) is 31.7. The normalized spacial score (nSPS) is 17.1. The number of amides is 2. The molecule has 2 amide bonds. The quantitative estimate of drug-likeness (QED) is 0.778. The summed E-state index contributed by atoms with van der Waals surface area (Å²) in [5.41, 5.74) is 1.45. The van der Waals surface area contributed by atoms with E-state index in [1.807, 2.05) is 65.6 Å². The van der Waals surface area contributed by atoms with Crippen LogP contribution in [-0.2, 0) is 11.3 Å². The zero-order chi connectivity index (χ0) is 18.6. The van der Waals surface area contributed by atoms with E-state index in [-0.39, 0.29) is 11.8 Å². The molecule has 0 aliphatic carbocycles. The number of benzene rings is 2. The number of hydrogen-bond donors (Lipinski definition) is 1. The fourth-order valence-corrected chi connectivity index (χ4v) is 3.56. The minimum Gasteiger partial charge on any atom is -0.339 e. The van der Waals surface area contributed by atoms with Gasteiger partial charge in [-0.2, -0.15) is 0 Å². The molecule has 1 fully saturated rings. The van der Waals surface area contributed by atoms with E-state index >= 15 is 0 Å². The lowest BCUT2D eigenvalue weighted by molar-refractivity contribution is -0.136. The Labute approximate surface area is 158 Å². The van der Waals surface area contributed by atoms with Gasteiger partial charge in [0, 0.05) is 24.7 Å². The third-order valence-corrected chi connectivity index (χ3v) is 4.94. The maximum Gasteiger partial charge on any atom is 0.271 e. The average molecular weight is 359 g/mol. The van der Waals surface area contributed by atoms with Crippen LogP contribution in [0.1, 0.15) is 28.9 Å². The van der Waals surface area contributed by atoms with Crippen LogP contribution in [0.3, 0.4) is 0 Å². The van der Waals surface area contributed by atoms with Crippen molar-refractivity contribution in [1.82, 2.24) is 15.2 Å². The first-order valence-corrected chi connectivity index (χ1v) is 9.20. The van der Waals surface area contributed by atoms with Gasteiger partial charge in [0.15, 0.2) is 0 Å². The number of nitrogens with one attached hydrogen (secondary N) is 1. The maximum atomic E-state index is 12.9. The summed E-state index contributed by atoms with van der Waals surface area (Å²) >= 11 is 0. The molecule has 1 atom stereocenters. The number of rotatable bonds is 4. The summed E-state index contributed by atoms with van der Waals surface area (Å²) in [6.45, 7) is 1.28. The first kappa shape index (κ1) is 17.2. The van der Waals surface area contributed by atoms with Crippen molar-refractivity contribution in [1.29, 1.82) is 0 Å². The second kappa shape index (κ2) is 7.58. The van der Waals surface area contributed by atoms with Gasteiger partial charge >= 0.3 is 0 Å². The second-order valence-electron chi connectivity index (χ2n) is 6.79. The second-order valence-corrected chi connectivity index (χ2v) is 6.79. The van der Waals surface area contributed by atoms with Crippen LogP contribution >= 0.6 is 0 Å². The van der Waals surface area contributed by atoms with Crippen LogP contribution in [0.4, 0.5) is 0 Å². The Morgan fingerprint density at radius 1 is 1.07 bits per heavy atom. The number of carbonyl (C=O) groups excluding carboxylic acids is 2. The van der Waals surface area contributed by atoms with E-state index < -0.39 is 6.04 Å². The standard InChI is InChI=1S/C22H21N3O2/c26-21(20-18-10-5-4-9-17(18)12-13-23-20)24-19-11-6-14-25(22(19)27)15-16-7-2-1-3-8-16/h1-5,7-10,12-13,19H,6,11,14-15H2,(H,24,26)/t19-/m1/s1. The van der Waals surface area contributed by atoms with Crippen LogP contribution < -0.4 is 5.32 Å². The molecular formula is C22H21N3O2. The first-order valence-electron chi connectivity index (χ1n) is 9.20. The highest BCUT2D eigenvalue weighted by molar-refractivity contribution is 6.06. The summed E-state index contributed by atoms with van der Waals surface area (Å²) < 4.78 is 0. The average Bonchev–Trinajstić information content (AvgIpc) is 2.71. The van der Waals surface area contributed by atoms with Gasteiger partial charge in [-0.1, -0.05) is 54.6 Å². The Hall–Kier alpha value is -3.21. The lowest BCUT2D eigenvalue weighted by Crippen LogP contribution is -2.52. The van der Waals surface area contributed by atoms with Crippen molar-refractivity contribution in [3.05, 3.63) is 78.1 Å². The smallest absolute Gasteiger partial charge is 0.271 e. The van der Waals surface area contributed by atoms with Crippen LogP contribution in [0.15, 0.2) is 66.9 Å². The molecule has 3 aromatic rings. The van der Waals surface area contributed by atoms with Gasteiger partial charge in [-0.3, -0.25) is 14.6 Å². The molecule has 1 aromatic heterocycles. The monoisotopic (exact) mass is 359 g/mol. The number of nitrogens with zero attached hydrogens (tertiary/aromatic N) is 2. The van der Waals surface area contributed by atoms with Crippen LogP contribution in [-0.4, -0.2) is 34.3 Å². The molecule has 27 heavy (non-hydrogen) atoms. The summed E-state index contributed by atoms with van der Waals surface area (Å²) in [6.07, 6.45) is 3.15. The number of hydrogen-bond acceptors (Lipinski definition) is 3. The number of carbonyl (C=O) groups is 2. The Balaban J connectivity index is 1.50. The molecule has 1 aliphatic rings. The molecule has 2 heterocycles. The third kappa shape index (κ3) is 3.67. The first-order chi connectivity index (χ1) is 13.2. The van der Waals surface area contributed by atoms with Crippen molar-refractivity contribution >= 4 is 22.6 Å². The molecule has 136 valence electrons. The topological polar surface area (TPSA) is 62.3 Å². The summed E-state index contributed by atoms with van der Waals surface area (Å²) in [7, 11) is 0. The zero-order valence-electron chi connectivity index (χ0n) is 15.0. The van der Waals surface area contributed by atoms with Gasteiger partial charge in [0.05, 0.1) is 0 Å². The lowest BCUT2D eigenvalue weighted by Gasteiger charge is -2.32. The summed E-state index contributed by atoms with van der Waals surface area (Å²) in [6, 6.07) is 18.9. The predicted octanol–water partition coefficient (Wildman–Crippen LogP) is 3.16. The van der Waals surface area contributed by atoms with Crippen molar-refractivity contribution in [3.63, 3.8) is 0 Å². The Morgan fingerprint density at radius 3 is 2.70 bits per heavy atom. The molecule has 1 saturated heterocycles. The van der Waals surface area contributed by atoms with Gasteiger partial charge < -0.3 is 10.2 Å². The Morgan fingerprint density at radius 2 is 1.85 bits per heavy atom. The van der Waals surface area contributed by atoms with Crippen molar-refractivity contribution in [3.8, 4) is 0 Å². The largest absolute Gasteiger partial charge is 0.339 e. The molecule has 0 radical (unpaired) electrons. The molecule has 5 heteroatoms. The number of piperidine rings is 1. The van der Waals surface area contributed by atoms with E-state index in [9.17, 15) is 9.59 Å². The predicted molar refractivity (Wildman–Crippen MR) is 104 cm³/mol. The van der Waals surface area contributed by atoms with E-state index in [4.69, 9.17) is 0 Å². The fraction of sp³-hybridized carbons (Fsp3) is 0.227. The number of fused-ring (bicyclic) bond motifs is 1. The molecule has 0 saturated carbocycles. The fourth-order valence-electron chi connectivity index (χ4n) is 3.56. The molecular weight excluding hydrogens is 338 g/mol. The maximum absolute atomic E-state index is 12.9. The van der Waals surface area contributed by atoms with Crippen LogP contribution in [0.2, 0.25) is 0 Å². The van der Waals surface area contributed by atoms with Crippen LogP contribution in [0.5, 0.6) is 0 Å². The molecule has 1 aliphatic heterocycles. The zero-order valence-corrected chi connectivity index (χ0v) is 15.0. The van der Waals surface area contributed by atoms with E-state index in [1.165, 1.54) is 0 Å². The highest BCUT2D eigenvalue weighted by atomic mass is 16.2. The Kier molecular flexibility index (Phi) is 4.83. The van der Waals surface area contributed by atoms with E-state index in [0.717, 1.165) is 22.8 Å². The third-order valence-electron chi connectivity index (χ3n) is 4.94. The van der Waals surface area contributed by atoms with Gasteiger partial charge in [-0.05, 0) is 29.9 Å². The van der Waals surface area contributed by atoms with Crippen LogP contribution in [0, 0.1) is 0 Å². The van der Waals surface area contributed by atoms with Gasteiger partial charge in [-0.15, -0.1) is 0 Å². The minimum atomic E-state index is -0.504. The van der Waals surface area contributed by atoms with Crippen molar-refractivity contribution in [2.45, 2.75) is 25.4 Å². The van der Waals surface area contributed by atoms with E-state index in [2.05, 4.69) is 10.3 Å². The lowest BCUT2D eigenvalue weighted by atomic mass is 10.0. The number of likely N-dealkylation sites (tertiary alicyclic amines) is 1.